The third-order valence-corrected chi connectivity index (χ3v) is 9.34. The number of hydrogen-bond donors (Lipinski definition) is 1. The number of alkyl halides is 1. The summed E-state index contributed by atoms with van der Waals surface area (Å²) < 4.78 is 28.1. The fourth-order valence-corrected chi connectivity index (χ4v) is 7.71. The molecule has 8 heteroatoms. The van der Waals surface area contributed by atoms with E-state index in [4.69, 9.17) is 9.47 Å². The molecule has 0 aromatic carbocycles. The van der Waals surface area contributed by atoms with Crippen molar-refractivity contribution in [2.45, 2.75) is 77.7 Å². The molecule has 0 aromatic heterocycles. The second kappa shape index (κ2) is 7.83. The number of carbonyl (C=O) groups excluding carboxylic acids is 4. The number of carbonyl (C=O) groups is 4. The van der Waals surface area contributed by atoms with Crippen LogP contribution in [0.5, 0.6) is 0 Å². The second-order valence-electron chi connectivity index (χ2n) is 11.0. The maximum Gasteiger partial charge on any atom is 0.303 e. The van der Waals surface area contributed by atoms with Gasteiger partial charge in [-0.15, -0.1) is 0 Å². The van der Waals surface area contributed by atoms with Gasteiger partial charge in [0.2, 0.25) is 5.78 Å². The Labute approximate surface area is 198 Å². The van der Waals surface area contributed by atoms with E-state index in [1.165, 1.54) is 26.0 Å². The molecule has 3 saturated carbocycles. The van der Waals surface area contributed by atoms with Gasteiger partial charge in [0.25, 0.3) is 0 Å². The summed E-state index contributed by atoms with van der Waals surface area (Å²) in [6.07, 6.45) is 4.43. The van der Waals surface area contributed by atoms with Crippen LogP contribution < -0.4 is 0 Å². The first-order chi connectivity index (χ1) is 15.7. The molecule has 8 atom stereocenters. The minimum Gasteiger partial charge on any atom is -0.459 e. The Hall–Kier alpha value is -2.35. The fourth-order valence-electron chi connectivity index (χ4n) is 7.71. The zero-order valence-corrected chi connectivity index (χ0v) is 20.4. The molecule has 0 spiro atoms. The molecule has 0 aromatic rings. The summed E-state index contributed by atoms with van der Waals surface area (Å²) >= 11 is 0. The molecule has 0 heterocycles. The third kappa shape index (κ3) is 3.10. The predicted molar refractivity (Wildman–Crippen MR) is 119 cm³/mol. The van der Waals surface area contributed by atoms with Gasteiger partial charge in [-0.05, 0) is 56.6 Å². The molecule has 4 aliphatic carbocycles. The summed E-state index contributed by atoms with van der Waals surface area (Å²) in [4.78, 5) is 48.7. The van der Waals surface area contributed by atoms with Crippen molar-refractivity contribution in [3.63, 3.8) is 0 Å². The second-order valence-corrected chi connectivity index (χ2v) is 11.0. The fraction of sp³-hybridized carbons (Fsp3) is 0.692. The van der Waals surface area contributed by atoms with Gasteiger partial charge < -0.3 is 14.6 Å². The number of rotatable bonds is 4. The zero-order valence-electron chi connectivity index (χ0n) is 20.4. The molecule has 3 fully saturated rings. The number of halogens is 1. The molecule has 7 nitrogen and oxygen atoms in total. The van der Waals surface area contributed by atoms with Crippen LogP contribution in [0.1, 0.15) is 60.3 Å². The minimum atomic E-state index is -2.02. The number of ketones is 2. The van der Waals surface area contributed by atoms with E-state index in [1.807, 2.05) is 0 Å². The van der Waals surface area contributed by atoms with Crippen LogP contribution in [-0.2, 0) is 28.7 Å². The van der Waals surface area contributed by atoms with Crippen LogP contribution in [0.3, 0.4) is 0 Å². The highest BCUT2D eigenvalue weighted by Crippen LogP contribution is 2.71. The number of ether oxygens (including phenoxy) is 2. The number of Topliss-reactive ketones (excluding diaryl/α,β-unsaturated/α-hetero) is 1. The van der Waals surface area contributed by atoms with E-state index in [1.54, 1.807) is 26.8 Å². The molecule has 4 aliphatic rings. The summed E-state index contributed by atoms with van der Waals surface area (Å²) in [5.74, 6) is -3.62. The Morgan fingerprint density at radius 1 is 1.18 bits per heavy atom. The summed E-state index contributed by atoms with van der Waals surface area (Å²) in [6.45, 7) is 7.08. The van der Waals surface area contributed by atoms with Gasteiger partial charge in [-0.2, -0.15) is 0 Å². The Morgan fingerprint density at radius 3 is 2.47 bits per heavy atom. The first-order valence-corrected chi connectivity index (χ1v) is 11.9. The Balaban J connectivity index is 1.83. The molecule has 186 valence electrons. The average Bonchev–Trinajstić information content (AvgIpc) is 2.94. The molecular weight excluding hydrogens is 443 g/mol. The van der Waals surface area contributed by atoms with Crippen LogP contribution in [-0.4, -0.2) is 52.6 Å². The highest BCUT2D eigenvalue weighted by molar-refractivity contribution is 6.01. The maximum atomic E-state index is 17.6. The monoisotopic (exact) mass is 476 g/mol. The van der Waals surface area contributed by atoms with Crippen LogP contribution >= 0.6 is 0 Å². The van der Waals surface area contributed by atoms with E-state index in [2.05, 4.69) is 0 Å². The average molecular weight is 477 g/mol. The van der Waals surface area contributed by atoms with E-state index in [9.17, 15) is 24.3 Å². The van der Waals surface area contributed by atoms with Crippen LogP contribution in [0.2, 0.25) is 0 Å². The molecule has 0 radical (unpaired) electrons. The van der Waals surface area contributed by atoms with Crippen molar-refractivity contribution in [2.75, 3.05) is 6.61 Å². The van der Waals surface area contributed by atoms with E-state index in [0.717, 1.165) is 0 Å². The summed E-state index contributed by atoms with van der Waals surface area (Å²) in [6, 6.07) is 0. The molecular formula is C26H33FO7. The van der Waals surface area contributed by atoms with E-state index in [0.29, 0.717) is 24.8 Å². The normalized spacial score (nSPS) is 44.9. The molecule has 0 aliphatic heterocycles. The quantitative estimate of drug-likeness (QED) is 0.622. The summed E-state index contributed by atoms with van der Waals surface area (Å²) in [5, 5.41) is 11.9. The van der Waals surface area contributed by atoms with Gasteiger partial charge in [0.15, 0.2) is 18.1 Å². The first-order valence-electron chi connectivity index (χ1n) is 11.9. The number of hydrogen-bond acceptors (Lipinski definition) is 7. The lowest BCUT2D eigenvalue weighted by Gasteiger charge is -2.63. The number of esters is 2. The molecule has 0 bridgehead atoms. The maximum absolute atomic E-state index is 17.6. The first kappa shape index (κ1) is 24.8. The van der Waals surface area contributed by atoms with Crippen LogP contribution in [0, 0.1) is 28.6 Å². The van der Waals surface area contributed by atoms with Gasteiger partial charge in [-0.25, -0.2) is 4.39 Å². The topological polar surface area (TPSA) is 107 Å². The van der Waals surface area contributed by atoms with Crippen molar-refractivity contribution in [1.82, 2.24) is 0 Å². The van der Waals surface area contributed by atoms with Crippen LogP contribution in [0.25, 0.3) is 0 Å². The third-order valence-electron chi connectivity index (χ3n) is 9.34. The van der Waals surface area contributed by atoms with Gasteiger partial charge >= 0.3 is 11.9 Å². The zero-order chi connectivity index (χ0) is 25.3. The lowest BCUT2D eigenvalue weighted by atomic mass is 9.44. The van der Waals surface area contributed by atoms with Gasteiger partial charge in [-0.3, -0.25) is 19.2 Å². The number of aliphatic hydroxyl groups is 1. The molecule has 4 rings (SSSR count). The Morgan fingerprint density at radius 2 is 1.85 bits per heavy atom. The SMILES string of the molecule is CC(=O)OCC(=O)[C@@]1(O)[C@H](C)C[C@@H]2[C@H]3CCC4=CC(=O)C=C[C@]4(C)[C@]3(F)[C@@H](OC(C)=O)C[C@]21C. The molecule has 1 N–H and O–H groups in total. The van der Waals surface area contributed by atoms with Crippen LogP contribution in [0.4, 0.5) is 4.39 Å². The highest BCUT2D eigenvalue weighted by atomic mass is 19.1. The minimum absolute atomic E-state index is 0.0679. The van der Waals surface area contributed by atoms with Crippen molar-refractivity contribution >= 4 is 23.5 Å². The van der Waals surface area contributed by atoms with Gasteiger partial charge in [0.1, 0.15) is 11.7 Å². The number of allylic oxidation sites excluding steroid dienone is 4. The van der Waals surface area contributed by atoms with Crippen molar-refractivity contribution in [3.8, 4) is 0 Å². The van der Waals surface area contributed by atoms with Crippen molar-refractivity contribution < 1.29 is 38.1 Å². The molecule has 0 unspecified atom stereocenters. The predicted octanol–water partition coefficient (Wildman–Crippen LogP) is 3.04. The van der Waals surface area contributed by atoms with Gasteiger partial charge in [-0.1, -0.05) is 25.5 Å². The van der Waals surface area contributed by atoms with E-state index >= 15 is 4.39 Å². The summed E-state index contributed by atoms with van der Waals surface area (Å²) in [7, 11) is 0. The van der Waals surface area contributed by atoms with Gasteiger partial charge in [0, 0.05) is 30.6 Å². The smallest absolute Gasteiger partial charge is 0.303 e. The van der Waals surface area contributed by atoms with Crippen molar-refractivity contribution in [2.24, 2.45) is 28.6 Å². The van der Waals surface area contributed by atoms with Crippen molar-refractivity contribution in [1.29, 1.82) is 0 Å². The number of fused-ring (bicyclic) bond motifs is 5. The summed E-state index contributed by atoms with van der Waals surface area (Å²) in [5.41, 5.74) is -5.48. The van der Waals surface area contributed by atoms with Gasteiger partial charge in [0.05, 0.1) is 0 Å². The van der Waals surface area contributed by atoms with Crippen LogP contribution in [0.15, 0.2) is 23.8 Å². The lowest BCUT2D eigenvalue weighted by Crippen LogP contribution is -2.70. The molecule has 0 saturated heterocycles. The lowest BCUT2D eigenvalue weighted by molar-refractivity contribution is -0.229. The van der Waals surface area contributed by atoms with E-state index in [-0.39, 0.29) is 18.1 Å². The highest BCUT2D eigenvalue weighted by Gasteiger charge is 2.76. The largest absolute Gasteiger partial charge is 0.459 e. The van der Waals surface area contributed by atoms with Crippen molar-refractivity contribution in [3.05, 3.63) is 23.8 Å². The Kier molecular flexibility index (Phi) is 5.71. The van der Waals surface area contributed by atoms with E-state index < -0.39 is 64.4 Å². The standard InChI is InChI=1S/C26H33FO7/c1-14-10-20-19-7-6-17-11-18(30)8-9-23(17,4)25(19,27)22(34-16(3)29)12-24(20,5)26(14,32)21(31)13-33-15(2)28/h8-9,11,14,19-20,22,32H,6-7,10,12-13H2,1-5H3/t14-,19-,20-,22+,23+,24-,25-,26+/m1/s1. The molecule has 0 amide bonds. The Bertz CT molecular complexity index is 1020. The molecule has 34 heavy (non-hydrogen) atoms.